The Hall–Kier alpha value is -3.59. The number of benzene rings is 2. The number of carbonyl (C=O) groups is 2. The standard InChI is InChI=1S/C20H16F3N3O5S/c1-19(13-4-7-15(27)8-5-13)17(28)26(18(29)25(19)11-32(2,30)31)14-6-3-12(10-24)16(9-14)20(21,22)23/h3-9,27H,11H2,1-2H3. The van der Waals surface area contributed by atoms with Gasteiger partial charge in [0.2, 0.25) is 0 Å². The molecule has 8 nitrogen and oxygen atoms in total. The molecule has 0 aromatic heterocycles. The number of hydrogen-bond donors (Lipinski definition) is 1. The Morgan fingerprint density at radius 2 is 1.72 bits per heavy atom. The van der Waals surface area contributed by atoms with Crippen molar-refractivity contribution in [2.45, 2.75) is 18.6 Å². The van der Waals surface area contributed by atoms with Crippen LogP contribution in [0.1, 0.15) is 23.6 Å². The van der Waals surface area contributed by atoms with Crippen molar-refractivity contribution in [2.24, 2.45) is 0 Å². The maximum Gasteiger partial charge on any atom is 0.417 e. The number of imide groups is 1. The Balaban J connectivity index is 2.21. The molecular weight excluding hydrogens is 451 g/mol. The summed E-state index contributed by atoms with van der Waals surface area (Å²) >= 11 is 0. The molecule has 12 heteroatoms. The highest BCUT2D eigenvalue weighted by atomic mass is 32.2. The molecule has 0 bridgehead atoms. The molecule has 32 heavy (non-hydrogen) atoms. The van der Waals surface area contributed by atoms with Crippen LogP contribution in [-0.4, -0.2) is 42.5 Å². The Labute approximate surface area is 181 Å². The van der Waals surface area contributed by atoms with Crippen LogP contribution in [0.3, 0.4) is 0 Å². The minimum absolute atomic E-state index is 0.143. The van der Waals surface area contributed by atoms with Gasteiger partial charge in [-0.2, -0.15) is 18.4 Å². The zero-order chi connectivity index (χ0) is 24.1. The van der Waals surface area contributed by atoms with Crippen LogP contribution in [0.25, 0.3) is 0 Å². The van der Waals surface area contributed by atoms with Crippen molar-refractivity contribution in [1.29, 1.82) is 5.26 Å². The van der Waals surface area contributed by atoms with Crippen molar-refractivity contribution < 1.29 is 36.3 Å². The van der Waals surface area contributed by atoms with Crippen molar-refractivity contribution in [3.05, 3.63) is 59.2 Å². The largest absolute Gasteiger partial charge is 0.508 e. The molecule has 1 N–H and O–H groups in total. The van der Waals surface area contributed by atoms with Crippen LogP contribution < -0.4 is 4.90 Å². The van der Waals surface area contributed by atoms with E-state index in [1.54, 1.807) is 0 Å². The fourth-order valence-electron chi connectivity index (χ4n) is 3.45. The van der Waals surface area contributed by atoms with Gasteiger partial charge >= 0.3 is 12.2 Å². The molecule has 1 aliphatic heterocycles. The van der Waals surface area contributed by atoms with E-state index in [-0.39, 0.29) is 11.3 Å². The third-order valence-electron chi connectivity index (χ3n) is 5.06. The first kappa shape index (κ1) is 23.1. The second kappa shape index (κ2) is 7.52. The molecule has 1 heterocycles. The van der Waals surface area contributed by atoms with Crippen LogP contribution in [-0.2, 0) is 26.3 Å². The molecule has 1 saturated heterocycles. The molecule has 0 aliphatic carbocycles. The Bertz CT molecular complexity index is 1250. The van der Waals surface area contributed by atoms with Crippen molar-refractivity contribution in [2.75, 3.05) is 17.0 Å². The van der Waals surface area contributed by atoms with Gasteiger partial charge in [-0.15, -0.1) is 0 Å². The first-order chi connectivity index (χ1) is 14.7. The van der Waals surface area contributed by atoms with Crippen molar-refractivity contribution in [3.63, 3.8) is 0 Å². The molecular formula is C20H16F3N3O5S. The van der Waals surface area contributed by atoms with Gasteiger partial charge in [0, 0.05) is 6.26 Å². The third-order valence-corrected chi connectivity index (χ3v) is 5.79. The van der Waals surface area contributed by atoms with E-state index in [9.17, 15) is 36.3 Å². The van der Waals surface area contributed by atoms with Crippen molar-refractivity contribution >= 4 is 27.5 Å². The minimum atomic E-state index is -4.93. The predicted molar refractivity (Wildman–Crippen MR) is 106 cm³/mol. The van der Waals surface area contributed by atoms with E-state index in [0.717, 1.165) is 23.3 Å². The summed E-state index contributed by atoms with van der Waals surface area (Å²) in [5, 5.41) is 18.5. The zero-order valence-corrected chi connectivity index (χ0v) is 17.5. The molecule has 2 aromatic carbocycles. The SMILES string of the molecule is CC1(c2ccc(O)cc2)C(=O)N(c2ccc(C#N)c(C(F)(F)F)c2)C(=O)N1CS(C)(=O)=O. The molecule has 1 aliphatic rings. The van der Waals surface area contributed by atoms with E-state index in [4.69, 9.17) is 5.26 Å². The van der Waals surface area contributed by atoms with Gasteiger partial charge in [-0.3, -0.25) is 9.69 Å². The zero-order valence-electron chi connectivity index (χ0n) is 16.7. The number of nitriles is 1. The molecule has 0 saturated carbocycles. The molecule has 3 amide bonds. The van der Waals surface area contributed by atoms with E-state index >= 15 is 0 Å². The smallest absolute Gasteiger partial charge is 0.417 e. The van der Waals surface area contributed by atoms with Crippen LogP contribution in [0.2, 0.25) is 0 Å². The third kappa shape index (κ3) is 3.87. The highest BCUT2D eigenvalue weighted by Gasteiger charge is 2.57. The number of hydrogen-bond acceptors (Lipinski definition) is 6. The molecule has 0 radical (unpaired) electrons. The fraction of sp³-hybridized carbons (Fsp3) is 0.250. The summed E-state index contributed by atoms with van der Waals surface area (Å²) in [7, 11) is -3.85. The number of sulfone groups is 1. The van der Waals surface area contributed by atoms with Gasteiger partial charge in [-0.25, -0.2) is 18.1 Å². The summed E-state index contributed by atoms with van der Waals surface area (Å²) < 4.78 is 64.1. The lowest BCUT2D eigenvalue weighted by molar-refractivity contribution is -0.137. The van der Waals surface area contributed by atoms with Crippen LogP contribution in [0.5, 0.6) is 5.75 Å². The van der Waals surface area contributed by atoms with Gasteiger partial charge in [0.25, 0.3) is 5.91 Å². The summed E-state index contributed by atoms with van der Waals surface area (Å²) in [6, 6.07) is 7.65. The predicted octanol–water partition coefficient (Wildman–Crippen LogP) is 2.97. The normalized spacial score (nSPS) is 19.4. The summed E-state index contributed by atoms with van der Waals surface area (Å²) in [6.07, 6.45) is -4.09. The number of amides is 3. The number of alkyl halides is 3. The Morgan fingerprint density at radius 1 is 1.12 bits per heavy atom. The number of anilines is 1. The summed E-state index contributed by atoms with van der Waals surface area (Å²) in [5.74, 6) is -2.02. The van der Waals surface area contributed by atoms with Crippen LogP contribution in [0.4, 0.5) is 23.7 Å². The first-order valence-corrected chi connectivity index (χ1v) is 11.0. The van der Waals surface area contributed by atoms with Gasteiger partial charge in [-0.1, -0.05) is 12.1 Å². The molecule has 1 fully saturated rings. The molecule has 168 valence electrons. The highest BCUT2D eigenvalue weighted by Crippen LogP contribution is 2.42. The second-order valence-electron chi connectivity index (χ2n) is 7.36. The van der Waals surface area contributed by atoms with E-state index in [2.05, 4.69) is 0 Å². The van der Waals surface area contributed by atoms with E-state index in [1.165, 1.54) is 37.3 Å². The second-order valence-corrected chi connectivity index (χ2v) is 9.47. The maximum atomic E-state index is 13.4. The number of carbonyl (C=O) groups excluding carboxylic acids is 2. The first-order valence-electron chi connectivity index (χ1n) is 8.95. The van der Waals surface area contributed by atoms with Gasteiger partial charge in [-0.05, 0) is 42.8 Å². The van der Waals surface area contributed by atoms with Crippen molar-refractivity contribution in [1.82, 2.24) is 4.90 Å². The maximum absolute atomic E-state index is 13.4. The topological polar surface area (TPSA) is 119 Å². The lowest BCUT2D eigenvalue weighted by Gasteiger charge is -2.31. The number of nitrogens with zero attached hydrogens (tertiary/aromatic N) is 3. The number of aromatic hydroxyl groups is 1. The van der Waals surface area contributed by atoms with Crippen molar-refractivity contribution in [3.8, 4) is 11.8 Å². The van der Waals surface area contributed by atoms with Gasteiger partial charge in [0.05, 0.1) is 22.9 Å². The average molecular weight is 467 g/mol. The van der Waals surface area contributed by atoms with E-state index in [1.807, 2.05) is 0 Å². The molecule has 1 unspecified atom stereocenters. The lowest BCUT2D eigenvalue weighted by Crippen LogP contribution is -2.46. The monoisotopic (exact) mass is 467 g/mol. The summed E-state index contributed by atoms with van der Waals surface area (Å²) in [5.41, 5.74) is -4.25. The van der Waals surface area contributed by atoms with Crippen LogP contribution >= 0.6 is 0 Å². The van der Waals surface area contributed by atoms with Gasteiger partial charge in [0.1, 0.15) is 17.2 Å². The van der Waals surface area contributed by atoms with Crippen LogP contribution in [0, 0.1) is 11.3 Å². The summed E-state index contributed by atoms with van der Waals surface area (Å²) in [4.78, 5) is 27.7. The average Bonchev–Trinajstić information content (AvgIpc) is 2.87. The molecule has 3 rings (SSSR count). The Kier molecular flexibility index (Phi) is 5.43. The Morgan fingerprint density at radius 3 is 2.22 bits per heavy atom. The fourth-order valence-corrected chi connectivity index (χ4v) is 4.28. The van der Waals surface area contributed by atoms with Gasteiger partial charge in [0.15, 0.2) is 9.84 Å². The molecule has 0 spiro atoms. The molecule has 1 atom stereocenters. The van der Waals surface area contributed by atoms with E-state index < -0.39 is 56.2 Å². The quantitative estimate of drug-likeness (QED) is 0.691. The highest BCUT2D eigenvalue weighted by molar-refractivity contribution is 7.90. The number of rotatable bonds is 4. The number of urea groups is 1. The van der Waals surface area contributed by atoms with Crippen LogP contribution in [0.15, 0.2) is 42.5 Å². The lowest BCUT2D eigenvalue weighted by atomic mass is 9.90. The summed E-state index contributed by atoms with van der Waals surface area (Å²) in [6.45, 7) is 1.26. The minimum Gasteiger partial charge on any atom is -0.508 e. The molecule has 2 aromatic rings. The van der Waals surface area contributed by atoms with E-state index in [0.29, 0.717) is 11.0 Å². The number of phenols is 1. The number of phenolic OH excluding ortho intramolecular Hbond substituents is 1. The van der Waals surface area contributed by atoms with Gasteiger partial charge < -0.3 is 5.11 Å². The number of halogens is 3.